The Hall–Kier alpha value is -0.540. The first-order valence-corrected chi connectivity index (χ1v) is 8.29. The van der Waals surface area contributed by atoms with E-state index in [1.807, 2.05) is 0 Å². The van der Waals surface area contributed by atoms with Gasteiger partial charge in [-0.15, -0.1) is 0 Å². The second kappa shape index (κ2) is 8.04. The van der Waals surface area contributed by atoms with E-state index in [1.54, 1.807) is 0 Å². The summed E-state index contributed by atoms with van der Waals surface area (Å²) in [5, 5.41) is 0. The second-order valence-electron chi connectivity index (χ2n) is 6.16. The zero-order valence-corrected chi connectivity index (χ0v) is 12.9. The molecule has 1 aliphatic carbocycles. The van der Waals surface area contributed by atoms with Gasteiger partial charge in [-0.2, -0.15) is 0 Å². The summed E-state index contributed by atoms with van der Waals surface area (Å²) in [6.45, 7) is 8.28. The Balaban J connectivity index is 1.91. The third kappa shape index (κ3) is 4.49. The van der Waals surface area contributed by atoms with E-state index in [0.29, 0.717) is 12.0 Å². The zero-order chi connectivity index (χ0) is 14.3. The minimum Gasteiger partial charge on any atom is -0.502 e. The molecule has 2 atom stereocenters. The smallest absolute Gasteiger partial charge is 0.104 e. The summed E-state index contributed by atoms with van der Waals surface area (Å²) in [4.78, 5) is 0. The molecule has 20 heavy (non-hydrogen) atoms. The molecule has 0 aromatic carbocycles. The molecule has 116 valence electrons. The van der Waals surface area contributed by atoms with Crippen LogP contribution >= 0.6 is 0 Å². The molecule has 0 bridgehead atoms. The Bertz CT molecular complexity index is 282. The van der Waals surface area contributed by atoms with Gasteiger partial charge in [0.15, 0.2) is 0 Å². The van der Waals surface area contributed by atoms with Crippen LogP contribution in [0.3, 0.4) is 0 Å². The monoisotopic (exact) mass is 282 g/mol. The van der Waals surface area contributed by atoms with E-state index in [1.165, 1.54) is 38.4 Å². The lowest BCUT2D eigenvalue weighted by Crippen LogP contribution is -2.42. The molecule has 0 N–H and O–H groups in total. The number of epoxide rings is 1. The lowest BCUT2D eigenvalue weighted by atomic mass is 9.73. The number of ether oxygens (including phenoxy) is 3. The molecule has 2 rings (SSSR count). The van der Waals surface area contributed by atoms with Gasteiger partial charge in [0.1, 0.15) is 6.10 Å². The first-order valence-electron chi connectivity index (χ1n) is 8.29. The molecule has 0 spiro atoms. The highest BCUT2D eigenvalue weighted by Crippen LogP contribution is 2.40. The topological polar surface area (TPSA) is 31.0 Å². The highest BCUT2D eigenvalue weighted by Gasteiger charge is 2.40. The van der Waals surface area contributed by atoms with Crippen LogP contribution in [0.25, 0.3) is 0 Å². The summed E-state index contributed by atoms with van der Waals surface area (Å²) in [5.41, 5.74) is 0.0386. The Morgan fingerprint density at radius 2 is 2.05 bits per heavy atom. The summed E-state index contributed by atoms with van der Waals surface area (Å²) in [7, 11) is 0. The minimum atomic E-state index is 0.0386. The van der Waals surface area contributed by atoms with Crippen molar-refractivity contribution >= 4 is 0 Å². The largest absolute Gasteiger partial charge is 0.502 e. The predicted octanol–water partition coefficient (Wildman–Crippen LogP) is 4.07. The van der Waals surface area contributed by atoms with Gasteiger partial charge < -0.3 is 14.2 Å². The van der Waals surface area contributed by atoms with E-state index < -0.39 is 0 Å². The van der Waals surface area contributed by atoms with Crippen molar-refractivity contribution in [2.75, 3.05) is 19.8 Å². The van der Waals surface area contributed by atoms with Gasteiger partial charge >= 0.3 is 0 Å². The summed E-state index contributed by atoms with van der Waals surface area (Å²) in [6.07, 6.45) is 11.9. The highest BCUT2D eigenvalue weighted by molar-refractivity contribution is 4.90. The van der Waals surface area contributed by atoms with Crippen LogP contribution in [0.1, 0.15) is 58.3 Å². The van der Waals surface area contributed by atoms with E-state index in [-0.39, 0.29) is 5.60 Å². The molecule has 3 nitrogen and oxygen atoms in total. The fraction of sp³-hybridized carbons (Fsp3) is 0.882. The molecule has 1 saturated carbocycles. The maximum absolute atomic E-state index is 6.42. The van der Waals surface area contributed by atoms with Crippen molar-refractivity contribution < 1.29 is 14.2 Å². The Kier molecular flexibility index (Phi) is 6.37. The molecule has 2 unspecified atom stereocenters. The average molecular weight is 282 g/mol. The van der Waals surface area contributed by atoms with E-state index >= 15 is 0 Å². The van der Waals surface area contributed by atoms with Crippen LogP contribution < -0.4 is 0 Å². The molecule has 3 heteroatoms. The van der Waals surface area contributed by atoms with Crippen molar-refractivity contribution in [2.45, 2.75) is 70.0 Å². The standard InChI is InChI=1S/C17H30O3/c1-3-17(11-8-12-18-4-2,20-14-16-13-19-16)15-9-6-5-7-10-15/h4,15-16H,2-3,5-14H2,1H3. The van der Waals surface area contributed by atoms with E-state index in [2.05, 4.69) is 13.5 Å². The van der Waals surface area contributed by atoms with Crippen molar-refractivity contribution in [3.8, 4) is 0 Å². The first kappa shape index (κ1) is 15.8. The van der Waals surface area contributed by atoms with Crippen LogP contribution in [0, 0.1) is 5.92 Å². The Labute approximate surface area is 123 Å². The van der Waals surface area contributed by atoms with E-state index in [0.717, 1.165) is 39.1 Å². The molecular weight excluding hydrogens is 252 g/mol. The Morgan fingerprint density at radius 3 is 2.65 bits per heavy atom. The van der Waals surface area contributed by atoms with Crippen LogP contribution in [0.5, 0.6) is 0 Å². The molecule has 1 saturated heterocycles. The second-order valence-corrected chi connectivity index (χ2v) is 6.16. The predicted molar refractivity (Wildman–Crippen MR) is 80.7 cm³/mol. The zero-order valence-electron chi connectivity index (χ0n) is 12.9. The van der Waals surface area contributed by atoms with Gasteiger partial charge in [-0.05, 0) is 38.0 Å². The third-order valence-corrected chi connectivity index (χ3v) is 4.89. The van der Waals surface area contributed by atoms with Crippen LogP contribution in [-0.4, -0.2) is 31.5 Å². The molecule has 0 aromatic heterocycles. The van der Waals surface area contributed by atoms with Crippen molar-refractivity contribution in [1.82, 2.24) is 0 Å². The van der Waals surface area contributed by atoms with Crippen molar-refractivity contribution in [3.63, 3.8) is 0 Å². The van der Waals surface area contributed by atoms with Gasteiger partial charge in [0.05, 0.1) is 31.7 Å². The van der Waals surface area contributed by atoms with Gasteiger partial charge in [-0.25, -0.2) is 0 Å². The normalized spacial score (nSPS) is 25.9. The molecule has 0 amide bonds. The molecule has 1 heterocycles. The molecule has 0 radical (unpaired) electrons. The van der Waals surface area contributed by atoms with Crippen LogP contribution in [0.4, 0.5) is 0 Å². The lowest BCUT2D eigenvalue weighted by Gasteiger charge is -2.42. The van der Waals surface area contributed by atoms with Gasteiger partial charge in [0, 0.05) is 0 Å². The molecule has 0 aromatic rings. The highest BCUT2D eigenvalue weighted by atomic mass is 16.6. The third-order valence-electron chi connectivity index (χ3n) is 4.89. The van der Waals surface area contributed by atoms with Crippen LogP contribution in [-0.2, 0) is 14.2 Å². The summed E-state index contributed by atoms with van der Waals surface area (Å²) >= 11 is 0. The first-order chi connectivity index (χ1) is 9.80. The molecule has 2 fully saturated rings. The summed E-state index contributed by atoms with van der Waals surface area (Å²) in [6, 6.07) is 0. The van der Waals surface area contributed by atoms with Crippen molar-refractivity contribution in [1.29, 1.82) is 0 Å². The number of rotatable bonds is 10. The van der Waals surface area contributed by atoms with Crippen LogP contribution in [0.2, 0.25) is 0 Å². The molecule has 2 aliphatic rings. The maximum Gasteiger partial charge on any atom is 0.104 e. The van der Waals surface area contributed by atoms with Crippen molar-refractivity contribution in [3.05, 3.63) is 12.8 Å². The van der Waals surface area contributed by atoms with E-state index in [4.69, 9.17) is 14.2 Å². The quantitative estimate of drug-likeness (QED) is 0.344. The van der Waals surface area contributed by atoms with Gasteiger partial charge in [0.25, 0.3) is 0 Å². The van der Waals surface area contributed by atoms with Gasteiger partial charge in [-0.3, -0.25) is 0 Å². The van der Waals surface area contributed by atoms with Crippen molar-refractivity contribution in [2.24, 2.45) is 5.92 Å². The summed E-state index contributed by atoms with van der Waals surface area (Å²) in [5.74, 6) is 0.712. The van der Waals surface area contributed by atoms with Crippen LogP contribution in [0.15, 0.2) is 12.8 Å². The fourth-order valence-corrected chi connectivity index (χ4v) is 3.55. The summed E-state index contributed by atoms with van der Waals surface area (Å²) < 4.78 is 17.0. The average Bonchev–Trinajstić information content (AvgIpc) is 3.32. The van der Waals surface area contributed by atoms with Gasteiger partial charge in [-0.1, -0.05) is 32.8 Å². The number of hydrogen-bond acceptors (Lipinski definition) is 3. The molecular formula is C17H30O3. The van der Waals surface area contributed by atoms with Gasteiger partial charge in [0.2, 0.25) is 0 Å². The fourth-order valence-electron chi connectivity index (χ4n) is 3.55. The number of hydrogen-bond donors (Lipinski definition) is 0. The Morgan fingerprint density at radius 1 is 1.30 bits per heavy atom. The minimum absolute atomic E-state index is 0.0386. The molecule has 1 aliphatic heterocycles. The maximum atomic E-state index is 6.42. The SMILES string of the molecule is C=COCCCC(CC)(OCC1CO1)C1CCCCC1. The lowest BCUT2D eigenvalue weighted by molar-refractivity contribution is -0.111. The van der Waals surface area contributed by atoms with E-state index in [9.17, 15) is 0 Å².